The third-order valence-corrected chi connectivity index (χ3v) is 4.83. The van der Waals surface area contributed by atoms with Gasteiger partial charge in [-0.2, -0.15) is 5.10 Å². The molecule has 134 valence electrons. The molecule has 0 amide bonds. The summed E-state index contributed by atoms with van der Waals surface area (Å²) in [6.07, 6.45) is 9.07. The largest absolute Gasteiger partial charge is 0.355 e. The van der Waals surface area contributed by atoms with Crippen LogP contribution in [0.1, 0.15) is 24.0 Å². The second-order valence-corrected chi connectivity index (χ2v) is 6.69. The second-order valence-electron chi connectivity index (χ2n) is 6.69. The predicted molar refractivity (Wildman–Crippen MR) is 100 cm³/mol. The molecule has 2 aromatic heterocycles. The molecule has 1 aromatic carbocycles. The Morgan fingerprint density at radius 3 is 2.92 bits per heavy atom. The molecule has 0 radical (unpaired) electrons. The summed E-state index contributed by atoms with van der Waals surface area (Å²) in [7, 11) is 0. The van der Waals surface area contributed by atoms with Gasteiger partial charge in [0.2, 0.25) is 0 Å². The van der Waals surface area contributed by atoms with Crippen LogP contribution in [0.3, 0.4) is 0 Å². The molecule has 1 N–H and O–H groups in total. The van der Waals surface area contributed by atoms with Crippen LogP contribution in [0.15, 0.2) is 49.4 Å². The number of rotatable bonds is 5. The number of aromatic nitrogens is 5. The fourth-order valence-electron chi connectivity index (χ4n) is 3.50. The Labute approximate surface area is 153 Å². The number of nitrogens with one attached hydrogen (secondary N) is 1. The van der Waals surface area contributed by atoms with E-state index in [0.29, 0.717) is 6.04 Å². The van der Waals surface area contributed by atoms with Crippen molar-refractivity contribution >= 4 is 5.82 Å². The zero-order chi connectivity index (χ0) is 17.8. The first-order valence-corrected chi connectivity index (χ1v) is 8.98. The molecule has 3 heterocycles. The molecule has 0 spiro atoms. The highest BCUT2D eigenvalue weighted by molar-refractivity contribution is 5.42. The zero-order valence-corrected chi connectivity index (χ0v) is 14.9. The van der Waals surface area contributed by atoms with Gasteiger partial charge in [0.25, 0.3) is 0 Å². The lowest BCUT2D eigenvalue weighted by atomic mass is 10.0. The van der Waals surface area contributed by atoms with Crippen LogP contribution in [0, 0.1) is 6.92 Å². The summed E-state index contributed by atoms with van der Waals surface area (Å²) in [5.41, 5.74) is 3.55. The Hall–Kier alpha value is -2.80. The average molecular weight is 349 g/mol. The van der Waals surface area contributed by atoms with E-state index in [0.717, 1.165) is 31.1 Å². The van der Waals surface area contributed by atoms with Crippen molar-refractivity contribution in [1.82, 2.24) is 30.0 Å². The Bertz CT molecular complexity index is 832. The number of anilines is 1. The summed E-state index contributed by atoms with van der Waals surface area (Å²) >= 11 is 0. The Morgan fingerprint density at radius 1 is 1.19 bits per heavy atom. The van der Waals surface area contributed by atoms with Crippen LogP contribution in [0.2, 0.25) is 0 Å². The lowest BCUT2D eigenvalue weighted by Crippen LogP contribution is -2.45. The first kappa shape index (κ1) is 16.7. The standard InChI is InChI=1S/C19H23N7/c1-15-9-16(4-5-18(15)26-14-21-13-24-26)10-22-17-3-2-8-25(11-17)19-6-7-20-12-23-19/h4-7,9,12-14,17,22H,2-3,8,10-11H2,1H3. The number of nitrogens with zero attached hydrogens (tertiary/aromatic N) is 6. The van der Waals surface area contributed by atoms with Crippen LogP contribution in [0.5, 0.6) is 0 Å². The van der Waals surface area contributed by atoms with Crippen molar-refractivity contribution < 1.29 is 0 Å². The van der Waals surface area contributed by atoms with Gasteiger partial charge in [0, 0.05) is 31.9 Å². The van der Waals surface area contributed by atoms with Crippen molar-refractivity contribution in [3.05, 3.63) is 60.6 Å². The summed E-state index contributed by atoms with van der Waals surface area (Å²) in [6, 6.07) is 8.93. The van der Waals surface area contributed by atoms with Gasteiger partial charge in [-0.3, -0.25) is 0 Å². The molecule has 7 nitrogen and oxygen atoms in total. The van der Waals surface area contributed by atoms with Gasteiger partial charge in [-0.15, -0.1) is 0 Å². The minimum absolute atomic E-state index is 0.467. The molecule has 1 aliphatic rings. The molecular formula is C19H23N7. The normalized spacial score (nSPS) is 17.4. The predicted octanol–water partition coefficient (Wildman–Crippen LogP) is 2.12. The van der Waals surface area contributed by atoms with Crippen molar-refractivity contribution in [2.75, 3.05) is 18.0 Å². The zero-order valence-electron chi connectivity index (χ0n) is 14.9. The van der Waals surface area contributed by atoms with Crippen molar-refractivity contribution in [1.29, 1.82) is 0 Å². The van der Waals surface area contributed by atoms with Crippen LogP contribution in [0.4, 0.5) is 5.82 Å². The van der Waals surface area contributed by atoms with Crippen LogP contribution >= 0.6 is 0 Å². The number of piperidine rings is 1. The van der Waals surface area contributed by atoms with E-state index in [1.54, 1.807) is 29.9 Å². The average Bonchev–Trinajstić information content (AvgIpc) is 3.22. The summed E-state index contributed by atoms with van der Waals surface area (Å²) in [5, 5.41) is 7.91. The molecule has 1 saturated heterocycles. The van der Waals surface area contributed by atoms with Crippen molar-refractivity contribution in [2.24, 2.45) is 0 Å². The highest BCUT2D eigenvalue weighted by Crippen LogP contribution is 2.18. The lowest BCUT2D eigenvalue weighted by Gasteiger charge is -2.34. The number of aryl methyl sites for hydroxylation is 1. The molecule has 7 heteroatoms. The molecule has 1 fully saturated rings. The number of hydrogen-bond donors (Lipinski definition) is 1. The molecule has 1 unspecified atom stereocenters. The quantitative estimate of drug-likeness (QED) is 0.761. The maximum Gasteiger partial charge on any atom is 0.138 e. The SMILES string of the molecule is Cc1cc(CNC2CCCN(c3ccncn3)C2)ccc1-n1cncn1. The van der Waals surface area contributed by atoms with Crippen molar-refractivity contribution in [3.8, 4) is 5.69 Å². The monoisotopic (exact) mass is 349 g/mol. The third-order valence-electron chi connectivity index (χ3n) is 4.83. The highest BCUT2D eigenvalue weighted by Gasteiger charge is 2.20. The molecule has 1 atom stereocenters. The molecular weight excluding hydrogens is 326 g/mol. The number of benzene rings is 1. The smallest absolute Gasteiger partial charge is 0.138 e. The molecule has 0 bridgehead atoms. The number of hydrogen-bond acceptors (Lipinski definition) is 6. The van der Waals surface area contributed by atoms with E-state index in [9.17, 15) is 0 Å². The van der Waals surface area contributed by atoms with E-state index in [1.807, 2.05) is 6.07 Å². The van der Waals surface area contributed by atoms with Gasteiger partial charge >= 0.3 is 0 Å². The van der Waals surface area contributed by atoms with Gasteiger partial charge in [0.1, 0.15) is 24.8 Å². The Balaban J connectivity index is 1.37. The molecule has 3 aromatic rings. The van der Waals surface area contributed by atoms with Crippen LogP contribution in [-0.4, -0.2) is 43.9 Å². The van der Waals surface area contributed by atoms with Gasteiger partial charge in [0.05, 0.1) is 5.69 Å². The first-order chi connectivity index (χ1) is 12.8. The fourth-order valence-corrected chi connectivity index (χ4v) is 3.50. The van der Waals surface area contributed by atoms with Gasteiger partial charge in [-0.1, -0.05) is 12.1 Å². The lowest BCUT2D eigenvalue weighted by molar-refractivity contribution is 0.420. The fraction of sp³-hybridized carbons (Fsp3) is 0.368. The minimum Gasteiger partial charge on any atom is -0.355 e. The van der Waals surface area contributed by atoms with E-state index in [4.69, 9.17) is 0 Å². The van der Waals surface area contributed by atoms with Gasteiger partial charge in [0.15, 0.2) is 0 Å². The van der Waals surface area contributed by atoms with Gasteiger partial charge in [-0.25, -0.2) is 19.6 Å². The summed E-state index contributed by atoms with van der Waals surface area (Å²) in [6.45, 7) is 5.01. The minimum atomic E-state index is 0.467. The third kappa shape index (κ3) is 3.72. The van der Waals surface area contributed by atoms with Gasteiger partial charge < -0.3 is 10.2 Å². The van der Waals surface area contributed by atoms with Crippen molar-refractivity contribution in [3.63, 3.8) is 0 Å². The maximum absolute atomic E-state index is 4.37. The van der Waals surface area contributed by atoms with E-state index >= 15 is 0 Å². The summed E-state index contributed by atoms with van der Waals surface area (Å²) in [4.78, 5) is 14.7. The Morgan fingerprint density at radius 2 is 2.15 bits per heavy atom. The molecule has 0 aliphatic carbocycles. The molecule has 4 rings (SSSR count). The van der Waals surface area contributed by atoms with E-state index < -0.39 is 0 Å². The highest BCUT2D eigenvalue weighted by atomic mass is 15.3. The summed E-state index contributed by atoms with van der Waals surface area (Å²) < 4.78 is 1.80. The first-order valence-electron chi connectivity index (χ1n) is 8.98. The van der Waals surface area contributed by atoms with Crippen molar-refractivity contribution in [2.45, 2.75) is 32.4 Å². The van der Waals surface area contributed by atoms with Crippen LogP contribution in [0.25, 0.3) is 5.69 Å². The topological polar surface area (TPSA) is 71.8 Å². The van der Waals surface area contributed by atoms with E-state index in [1.165, 1.54) is 24.0 Å². The summed E-state index contributed by atoms with van der Waals surface area (Å²) in [5.74, 6) is 1.01. The molecule has 1 aliphatic heterocycles. The maximum atomic E-state index is 4.37. The molecule has 0 saturated carbocycles. The Kier molecular flexibility index (Phi) is 4.88. The molecule has 26 heavy (non-hydrogen) atoms. The van der Waals surface area contributed by atoms with Crippen LogP contribution in [-0.2, 0) is 6.54 Å². The van der Waals surface area contributed by atoms with E-state index in [-0.39, 0.29) is 0 Å². The van der Waals surface area contributed by atoms with Crippen LogP contribution < -0.4 is 10.2 Å². The second kappa shape index (κ2) is 7.61. The van der Waals surface area contributed by atoms with Gasteiger partial charge in [-0.05, 0) is 43.0 Å². The van der Waals surface area contributed by atoms with E-state index in [2.05, 4.69) is 55.4 Å².